The van der Waals surface area contributed by atoms with Gasteiger partial charge in [0.1, 0.15) is 5.75 Å². The highest BCUT2D eigenvalue weighted by molar-refractivity contribution is 5.27. The van der Waals surface area contributed by atoms with E-state index in [2.05, 4.69) is 23.3 Å². The van der Waals surface area contributed by atoms with Crippen molar-refractivity contribution in [3.8, 4) is 5.75 Å². The lowest BCUT2D eigenvalue weighted by molar-refractivity contribution is 0.0786. The minimum Gasteiger partial charge on any atom is -0.492 e. The molecule has 100 valence electrons. The molecule has 1 aliphatic heterocycles. The minimum absolute atomic E-state index is 0.213. The summed E-state index contributed by atoms with van der Waals surface area (Å²) < 4.78 is 11.3. The first-order valence-corrected chi connectivity index (χ1v) is 6.77. The predicted octanol–water partition coefficient (Wildman–Crippen LogP) is 2.31. The Hall–Kier alpha value is -1.13. The van der Waals surface area contributed by atoms with Crippen LogP contribution in [0.5, 0.6) is 5.75 Å². The summed E-state index contributed by atoms with van der Waals surface area (Å²) in [5, 5.41) is 3.49. The molecule has 0 radical (unpaired) electrons. The van der Waals surface area contributed by atoms with Crippen LogP contribution in [-0.4, -0.2) is 30.8 Å². The molecule has 2 rings (SSSR count). The van der Waals surface area contributed by atoms with E-state index in [-0.39, 0.29) is 12.1 Å². The van der Waals surface area contributed by atoms with E-state index >= 15 is 0 Å². The quantitative estimate of drug-likeness (QED) is 0.841. The monoisotopic (exact) mass is 250 g/mol. The standard InChI is InChI=1S/C14H22N2O2/c1-3-16-14(13-6-5-7-18-13)11-8-12(17-4-2)10-15-9-11/h8-10,13-14,16H,3-7H2,1-2H3. The Balaban J connectivity index is 2.15. The molecular weight excluding hydrogens is 228 g/mol. The van der Waals surface area contributed by atoms with Gasteiger partial charge in [-0.3, -0.25) is 4.98 Å². The van der Waals surface area contributed by atoms with Crippen molar-refractivity contribution in [2.45, 2.75) is 38.8 Å². The summed E-state index contributed by atoms with van der Waals surface area (Å²) in [6.07, 6.45) is 6.16. The molecule has 1 N–H and O–H groups in total. The van der Waals surface area contributed by atoms with Crippen LogP contribution in [0.4, 0.5) is 0 Å². The average molecular weight is 250 g/mol. The molecule has 18 heavy (non-hydrogen) atoms. The summed E-state index contributed by atoms with van der Waals surface area (Å²) in [5.74, 6) is 0.830. The maximum Gasteiger partial charge on any atom is 0.137 e. The van der Waals surface area contributed by atoms with Crippen LogP contribution in [0.15, 0.2) is 18.5 Å². The number of nitrogens with one attached hydrogen (secondary N) is 1. The summed E-state index contributed by atoms with van der Waals surface area (Å²) >= 11 is 0. The Morgan fingerprint density at radius 2 is 2.39 bits per heavy atom. The van der Waals surface area contributed by atoms with E-state index in [4.69, 9.17) is 9.47 Å². The molecule has 2 heterocycles. The van der Waals surface area contributed by atoms with E-state index in [0.29, 0.717) is 6.61 Å². The molecule has 1 aromatic heterocycles. The van der Waals surface area contributed by atoms with Crippen molar-refractivity contribution in [1.29, 1.82) is 0 Å². The fourth-order valence-electron chi connectivity index (χ4n) is 2.40. The molecular formula is C14H22N2O2. The lowest BCUT2D eigenvalue weighted by Crippen LogP contribution is -2.31. The van der Waals surface area contributed by atoms with Crippen LogP contribution >= 0.6 is 0 Å². The zero-order valence-electron chi connectivity index (χ0n) is 11.2. The number of likely N-dealkylation sites (N-methyl/N-ethyl adjacent to an activating group) is 1. The topological polar surface area (TPSA) is 43.4 Å². The number of rotatable bonds is 6. The van der Waals surface area contributed by atoms with Gasteiger partial charge in [0.15, 0.2) is 0 Å². The number of pyridine rings is 1. The SMILES string of the molecule is CCNC(c1cncc(OCC)c1)C1CCCO1. The van der Waals surface area contributed by atoms with Gasteiger partial charge in [0.05, 0.1) is 24.9 Å². The van der Waals surface area contributed by atoms with E-state index in [1.54, 1.807) is 6.20 Å². The van der Waals surface area contributed by atoms with Crippen LogP contribution in [0.2, 0.25) is 0 Å². The molecule has 0 aliphatic carbocycles. The number of ether oxygens (including phenoxy) is 2. The first kappa shape index (κ1) is 13.3. The summed E-state index contributed by atoms with van der Waals surface area (Å²) in [7, 11) is 0. The van der Waals surface area contributed by atoms with E-state index < -0.39 is 0 Å². The van der Waals surface area contributed by atoms with E-state index in [1.165, 1.54) is 0 Å². The predicted molar refractivity (Wildman–Crippen MR) is 70.8 cm³/mol. The molecule has 0 saturated carbocycles. The highest BCUT2D eigenvalue weighted by Crippen LogP contribution is 2.28. The number of hydrogen-bond acceptors (Lipinski definition) is 4. The number of nitrogens with zero attached hydrogens (tertiary/aromatic N) is 1. The van der Waals surface area contributed by atoms with Crippen LogP contribution in [0.25, 0.3) is 0 Å². The molecule has 4 nitrogen and oxygen atoms in total. The Morgan fingerprint density at radius 1 is 1.50 bits per heavy atom. The van der Waals surface area contributed by atoms with Crippen molar-refractivity contribution in [1.82, 2.24) is 10.3 Å². The largest absolute Gasteiger partial charge is 0.492 e. The molecule has 0 aromatic carbocycles. The zero-order valence-corrected chi connectivity index (χ0v) is 11.2. The third-order valence-corrected chi connectivity index (χ3v) is 3.17. The van der Waals surface area contributed by atoms with Gasteiger partial charge in [-0.1, -0.05) is 6.92 Å². The average Bonchev–Trinajstić information content (AvgIpc) is 2.90. The Labute approximate surface area is 109 Å². The van der Waals surface area contributed by atoms with Gasteiger partial charge in [-0.2, -0.15) is 0 Å². The zero-order chi connectivity index (χ0) is 12.8. The summed E-state index contributed by atoms with van der Waals surface area (Å²) in [6, 6.07) is 2.27. The second-order valence-corrected chi connectivity index (χ2v) is 4.47. The Morgan fingerprint density at radius 3 is 3.06 bits per heavy atom. The maximum atomic E-state index is 5.79. The molecule has 2 atom stereocenters. The van der Waals surface area contributed by atoms with Crippen molar-refractivity contribution in [2.75, 3.05) is 19.8 Å². The third-order valence-electron chi connectivity index (χ3n) is 3.17. The minimum atomic E-state index is 0.213. The Kier molecular flexibility index (Phi) is 4.96. The van der Waals surface area contributed by atoms with Gasteiger partial charge >= 0.3 is 0 Å². The smallest absolute Gasteiger partial charge is 0.137 e. The highest BCUT2D eigenvalue weighted by Gasteiger charge is 2.27. The van der Waals surface area contributed by atoms with E-state index in [1.807, 2.05) is 13.1 Å². The Bertz CT molecular complexity index is 365. The molecule has 0 amide bonds. The molecule has 1 aromatic rings. The van der Waals surface area contributed by atoms with E-state index in [9.17, 15) is 0 Å². The fraction of sp³-hybridized carbons (Fsp3) is 0.643. The van der Waals surface area contributed by atoms with Gasteiger partial charge in [-0.25, -0.2) is 0 Å². The second-order valence-electron chi connectivity index (χ2n) is 4.47. The fourth-order valence-corrected chi connectivity index (χ4v) is 2.40. The van der Waals surface area contributed by atoms with Crippen molar-refractivity contribution in [3.05, 3.63) is 24.0 Å². The molecule has 0 spiro atoms. The third kappa shape index (κ3) is 3.21. The highest BCUT2D eigenvalue weighted by atomic mass is 16.5. The van der Waals surface area contributed by atoms with Gasteiger partial charge in [0.25, 0.3) is 0 Å². The lowest BCUT2D eigenvalue weighted by Gasteiger charge is -2.24. The molecule has 2 unspecified atom stereocenters. The summed E-state index contributed by atoms with van der Waals surface area (Å²) in [5.41, 5.74) is 1.15. The number of aromatic nitrogens is 1. The molecule has 4 heteroatoms. The summed E-state index contributed by atoms with van der Waals surface area (Å²) in [4.78, 5) is 4.26. The van der Waals surface area contributed by atoms with Crippen molar-refractivity contribution in [3.63, 3.8) is 0 Å². The van der Waals surface area contributed by atoms with Gasteiger partial charge in [-0.05, 0) is 37.9 Å². The van der Waals surface area contributed by atoms with Crippen LogP contribution in [0.1, 0.15) is 38.3 Å². The van der Waals surface area contributed by atoms with Crippen molar-refractivity contribution >= 4 is 0 Å². The lowest BCUT2D eigenvalue weighted by atomic mass is 10.0. The van der Waals surface area contributed by atoms with Crippen LogP contribution in [-0.2, 0) is 4.74 Å². The van der Waals surface area contributed by atoms with E-state index in [0.717, 1.165) is 37.3 Å². The maximum absolute atomic E-state index is 5.79. The summed E-state index contributed by atoms with van der Waals surface area (Å²) in [6.45, 7) is 6.54. The van der Waals surface area contributed by atoms with Crippen molar-refractivity contribution < 1.29 is 9.47 Å². The van der Waals surface area contributed by atoms with Gasteiger partial charge in [-0.15, -0.1) is 0 Å². The molecule has 1 aliphatic rings. The molecule has 1 fully saturated rings. The van der Waals surface area contributed by atoms with Crippen LogP contribution < -0.4 is 10.1 Å². The van der Waals surface area contributed by atoms with Crippen LogP contribution in [0.3, 0.4) is 0 Å². The second kappa shape index (κ2) is 6.71. The van der Waals surface area contributed by atoms with Gasteiger partial charge in [0, 0.05) is 12.8 Å². The van der Waals surface area contributed by atoms with Crippen molar-refractivity contribution in [2.24, 2.45) is 0 Å². The number of hydrogen-bond donors (Lipinski definition) is 1. The molecule has 1 saturated heterocycles. The molecule has 0 bridgehead atoms. The van der Waals surface area contributed by atoms with Gasteiger partial charge in [0.2, 0.25) is 0 Å². The van der Waals surface area contributed by atoms with Gasteiger partial charge < -0.3 is 14.8 Å². The first-order valence-electron chi connectivity index (χ1n) is 6.77. The normalized spacial score (nSPS) is 20.9. The van der Waals surface area contributed by atoms with Crippen LogP contribution in [0, 0.1) is 0 Å². The first-order chi connectivity index (χ1) is 8.85.